The first kappa shape index (κ1) is 12.0. The molecule has 1 atom stereocenters. The Hall–Kier alpha value is -1.06. The third kappa shape index (κ3) is 3.90. The quantitative estimate of drug-likeness (QED) is 0.744. The summed E-state index contributed by atoms with van der Waals surface area (Å²) in [5.74, 6) is 1.24. The van der Waals surface area contributed by atoms with Crippen molar-refractivity contribution in [3.63, 3.8) is 0 Å². The summed E-state index contributed by atoms with van der Waals surface area (Å²) in [7, 11) is 1.93. The third-order valence-corrected chi connectivity index (χ3v) is 2.22. The van der Waals surface area contributed by atoms with Gasteiger partial charge in [-0.3, -0.25) is 0 Å². The largest absolute Gasteiger partial charge is 0.493 e. The van der Waals surface area contributed by atoms with Crippen LogP contribution in [-0.2, 0) is 6.61 Å². The summed E-state index contributed by atoms with van der Waals surface area (Å²) in [6.07, 6.45) is 0. The average Bonchev–Trinajstić information content (AvgIpc) is 2.27. The van der Waals surface area contributed by atoms with E-state index in [4.69, 9.17) is 9.84 Å². The zero-order valence-electron chi connectivity index (χ0n) is 9.36. The molecule has 0 radical (unpaired) electrons. The number of benzene rings is 1. The van der Waals surface area contributed by atoms with Crippen molar-refractivity contribution in [1.82, 2.24) is 5.32 Å². The second kappa shape index (κ2) is 6.43. The van der Waals surface area contributed by atoms with Crippen LogP contribution in [-0.4, -0.2) is 25.3 Å². The molecule has 0 bridgehead atoms. The lowest BCUT2D eigenvalue weighted by Gasteiger charge is -2.14. The van der Waals surface area contributed by atoms with E-state index in [0.717, 1.165) is 17.9 Å². The third-order valence-electron chi connectivity index (χ3n) is 2.22. The minimum Gasteiger partial charge on any atom is -0.493 e. The molecule has 0 aliphatic carbocycles. The van der Waals surface area contributed by atoms with Gasteiger partial charge in [-0.15, -0.1) is 0 Å². The molecule has 15 heavy (non-hydrogen) atoms. The molecule has 0 heterocycles. The van der Waals surface area contributed by atoms with Crippen molar-refractivity contribution in [2.24, 2.45) is 5.92 Å². The van der Waals surface area contributed by atoms with Gasteiger partial charge < -0.3 is 15.2 Å². The fraction of sp³-hybridized carbons (Fsp3) is 0.500. The molecule has 0 fully saturated rings. The summed E-state index contributed by atoms with van der Waals surface area (Å²) in [6, 6.07) is 7.57. The Morgan fingerprint density at radius 3 is 2.80 bits per heavy atom. The second-order valence-electron chi connectivity index (χ2n) is 3.74. The predicted octanol–water partition coefficient (Wildman–Crippen LogP) is 1.41. The Kier molecular flexibility index (Phi) is 5.15. The van der Waals surface area contributed by atoms with Crippen LogP contribution in [0.25, 0.3) is 0 Å². The lowest BCUT2D eigenvalue weighted by atomic mass is 10.2. The lowest BCUT2D eigenvalue weighted by Crippen LogP contribution is -2.21. The maximum Gasteiger partial charge on any atom is 0.124 e. The van der Waals surface area contributed by atoms with E-state index in [2.05, 4.69) is 12.2 Å². The van der Waals surface area contributed by atoms with Crippen molar-refractivity contribution in [3.8, 4) is 5.75 Å². The Balaban J connectivity index is 2.49. The van der Waals surface area contributed by atoms with E-state index in [1.807, 2.05) is 31.3 Å². The standard InChI is InChI=1S/C12H19NO2/c1-10(7-13-2)9-15-12-6-4-3-5-11(12)8-14/h3-6,10,13-14H,7-9H2,1-2H3. The SMILES string of the molecule is CNCC(C)COc1ccccc1CO. The number of aliphatic hydroxyl groups excluding tert-OH is 1. The zero-order valence-corrected chi connectivity index (χ0v) is 9.36. The molecular weight excluding hydrogens is 190 g/mol. The topological polar surface area (TPSA) is 41.5 Å². The molecule has 0 aliphatic rings. The normalized spacial score (nSPS) is 12.5. The molecule has 84 valence electrons. The predicted molar refractivity (Wildman–Crippen MR) is 61.0 cm³/mol. The Bertz CT molecular complexity index is 289. The number of aliphatic hydroxyl groups is 1. The first-order chi connectivity index (χ1) is 7.27. The van der Waals surface area contributed by atoms with Gasteiger partial charge in [-0.05, 0) is 13.1 Å². The Morgan fingerprint density at radius 1 is 1.40 bits per heavy atom. The highest BCUT2D eigenvalue weighted by Crippen LogP contribution is 2.18. The fourth-order valence-corrected chi connectivity index (χ4v) is 1.41. The number of rotatable bonds is 6. The van der Waals surface area contributed by atoms with E-state index in [9.17, 15) is 0 Å². The van der Waals surface area contributed by atoms with Crippen molar-refractivity contribution in [1.29, 1.82) is 0 Å². The highest BCUT2D eigenvalue weighted by Gasteiger charge is 2.04. The summed E-state index contributed by atoms with van der Waals surface area (Å²) >= 11 is 0. The van der Waals surface area contributed by atoms with Gasteiger partial charge in [-0.2, -0.15) is 0 Å². The van der Waals surface area contributed by atoms with E-state index < -0.39 is 0 Å². The van der Waals surface area contributed by atoms with E-state index >= 15 is 0 Å². The average molecular weight is 209 g/mol. The number of hydrogen-bond donors (Lipinski definition) is 2. The van der Waals surface area contributed by atoms with Gasteiger partial charge >= 0.3 is 0 Å². The van der Waals surface area contributed by atoms with E-state index in [0.29, 0.717) is 12.5 Å². The summed E-state index contributed by atoms with van der Waals surface area (Å²) in [5.41, 5.74) is 0.842. The van der Waals surface area contributed by atoms with Gasteiger partial charge in [0, 0.05) is 18.0 Å². The molecule has 3 heteroatoms. The summed E-state index contributed by atoms with van der Waals surface area (Å²) < 4.78 is 5.64. The van der Waals surface area contributed by atoms with Gasteiger partial charge in [0.2, 0.25) is 0 Å². The molecule has 1 aromatic carbocycles. The maximum absolute atomic E-state index is 9.09. The van der Waals surface area contributed by atoms with Crippen LogP contribution in [0.5, 0.6) is 5.75 Å². The molecule has 0 saturated heterocycles. The van der Waals surface area contributed by atoms with Crippen LogP contribution in [0.2, 0.25) is 0 Å². The number of hydrogen-bond acceptors (Lipinski definition) is 3. The zero-order chi connectivity index (χ0) is 11.1. The molecule has 1 unspecified atom stereocenters. The molecule has 0 aliphatic heterocycles. The van der Waals surface area contributed by atoms with Crippen LogP contribution in [0, 0.1) is 5.92 Å². The number of para-hydroxylation sites is 1. The summed E-state index contributed by atoms with van der Waals surface area (Å²) in [5, 5.41) is 12.2. The maximum atomic E-state index is 9.09. The second-order valence-corrected chi connectivity index (χ2v) is 3.74. The molecule has 0 saturated carbocycles. The van der Waals surface area contributed by atoms with E-state index in [1.165, 1.54) is 0 Å². The molecule has 3 nitrogen and oxygen atoms in total. The molecule has 1 aromatic rings. The highest BCUT2D eigenvalue weighted by molar-refractivity contribution is 5.32. The van der Waals surface area contributed by atoms with Crippen molar-refractivity contribution >= 4 is 0 Å². The van der Waals surface area contributed by atoms with Crippen LogP contribution in [0.1, 0.15) is 12.5 Å². The summed E-state index contributed by atoms with van der Waals surface area (Å²) in [6.45, 7) is 3.74. The van der Waals surface area contributed by atoms with Crippen LogP contribution < -0.4 is 10.1 Å². The summed E-state index contributed by atoms with van der Waals surface area (Å²) in [4.78, 5) is 0. The smallest absolute Gasteiger partial charge is 0.124 e. The minimum absolute atomic E-state index is 0.0244. The highest BCUT2D eigenvalue weighted by atomic mass is 16.5. The van der Waals surface area contributed by atoms with Gasteiger partial charge in [0.1, 0.15) is 5.75 Å². The van der Waals surface area contributed by atoms with Gasteiger partial charge in [0.25, 0.3) is 0 Å². The van der Waals surface area contributed by atoms with Crippen molar-refractivity contribution in [2.75, 3.05) is 20.2 Å². The molecule has 2 N–H and O–H groups in total. The van der Waals surface area contributed by atoms with Crippen LogP contribution in [0.15, 0.2) is 24.3 Å². The fourth-order valence-electron chi connectivity index (χ4n) is 1.41. The van der Waals surface area contributed by atoms with Crippen LogP contribution in [0.4, 0.5) is 0 Å². The van der Waals surface area contributed by atoms with Crippen molar-refractivity contribution in [2.45, 2.75) is 13.5 Å². The first-order valence-electron chi connectivity index (χ1n) is 5.24. The molecule has 1 rings (SSSR count). The van der Waals surface area contributed by atoms with E-state index in [-0.39, 0.29) is 6.61 Å². The number of nitrogens with one attached hydrogen (secondary N) is 1. The van der Waals surface area contributed by atoms with Crippen LogP contribution >= 0.6 is 0 Å². The van der Waals surface area contributed by atoms with Gasteiger partial charge in [-0.1, -0.05) is 25.1 Å². The van der Waals surface area contributed by atoms with Crippen molar-refractivity contribution < 1.29 is 9.84 Å². The van der Waals surface area contributed by atoms with Gasteiger partial charge in [0.15, 0.2) is 0 Å². The Labute approximate surface area is 91.1 Å². The minimum atomic E-state index is 0.0244. The monoisotopic (exact) mass is 209 g/mol. The Morgan fingerprint density at radius 2 is 2.13 bits per heavy atom. The van der Waals surface area contributed by atoms with E-state index in [1.54, 1.807) is 0 Å². The molecule has 0 spiro atoms. The van der Waals surface area contributed by atoms with Gasteiger partial charge in [-0.25, -0.2) is 0 Å². The molecule has 0 amide bonds. The lowest BCUT2D eigenvalue weighted by molar-refractivity contribution is 0.238. The van der Waals surface area contributed by atoms with Gasteiger partial charge in [0.05, 0.1) is 13.2 Å². The van der Waals surface area contributed by atoms with Crippen molar-refractivity contribution in [3.05, 3.63) is 29.8 Å². The number of ether oxygens (including phenoxy) is 1. The van der Waals surface area contributed by atoms with Crippen LogP contribution in [0.3, 0.4) is 0 Å². The molecular formula is C12H19NO2. The first-order valence-corrected chi connectivity index (χ1v) is 5.24. The molecule has 0 aromatic heterocycles.